The molecule has 0 radical (unpaired) electrons. The molecule has 1 aliphatic rings. The van der Waals surface area contributed by atoms with Gasteiger partial charge < -0.3 is 10.2 Å². The summed E-state index contributed by atoms with van der Waals surface area (Å²) in [5.74, 6) is -1.32. The largest absolute Gasteiger partial charge is 0.352 e. The quantitative estimate of drug-likeness (QED) is 0.918. The van der Waals surface area contributed by atoms with Crippen molar-refractivity contribution in [1.82, 2.24) is 10.2 Å². The zero-order valence-electron chi connectivity index (χ0n) is 10.5. The first kappa shape index (κ1) is 14.0. The third-order valence-electron chi connectivity index (χ3n) is 2.83. The number of hydrogen-bond donors (Lipinski definition) is 1. The lowest BCUT2D eigenvalue weighted by Crippen LogP contribution is -2.39. The Bertz CT molecular complexity index is 517. The Hall–Kier alpha value is -1.43. The van der Waals surface area contributed by atoms with E-state index in [-0.39, 0.29) is 24.1 Å². The van der Waals surface area contributed by atoms with Gasteiger partial charge in [-0.05, 0) is 31.0 Å². The average molecular weight is 329 g/mol. The lowest BCUT2D eigenvalue weighted by atomic mass is 10.2. The first-order valence-electron chi connectivity index (χ1n) is 5.97. The first-order chi connectivity index (χ1) is 8.97. The topological polar surface area (TPSA) is 49.4 Å². The van der Waals surface area contributed by atoms with E-state index >= 15 is 0 Å². The number of halogens is 2. The molecule has 0 heterocycles. The van der Waals surface area contributed by atoms with Crippen LogP contribution in [0.15, 0.2) is 22.7 Å². The van der Waals surface area contributed by atoms with E-state index in [4.69, 9.17) is 0 Å². The van der Waals surface area contributed by atoms with Crippen molar-refractivity contribution in [3.05, 3.63) is 34.1 Å². The van der Waals surface area contributed by atoms with Crippen LogP contribution in [0.2, 0.25) is 0 Å². The van der Waals surface area contributed by atoms with Crippen molar-refractivity contribution < 1.29 is 14.0 Å². The molecule has 102 valence electrons. The number of nitrogens with zero attached hydrogens (tertiary/aromatic N) is 1. The smallest absolute Gasteiger partial charge is 0.257 e. The van der Waals surface area contributed by atoms with E-state index in [9.17, 15) is 14.0 Å². The zero-order chi connectivity index (χ0) is 14.0. The maximum Gasteiger partial charge on any atom is 0.257 e. The number of amides is 2. The van der Waals surface area contributed by atoms with Crippen molar-refractivity contribution in [3.63, 3.8) is 0 Å². The van der Waals surface area contributed by atoms with Crippen LogP contribution < -0.4 is 5.32 Å². The van der Waals surface area contributed by atoms with E-state index in [0.717, 1.165) is 12.8 Å². The molecule has 0 aliphatic heterocycles. The van der Waals surface area contributed by atoms with Crippen molar-refractivity contribution in [2.24, 2.45) is 0 Å². The number of benzene rings is 1. The highest BCUT2D eigenvalue weighted by atomic mass is 79.9. The van der Waals surface area contributed by atoms with Gasteiger partial charge in [0.1, 0.15) is 5.82 Å². The lowest BCUT2D eigenvalue weighted by molar-refractivity contribution is -0.121. The molecule has 0 bridgehead atoms. The van der Waals surface area contributed by atoms with Crippen LogP contribution >= 0.6 is 15.9 Å². The van der Waals surface area contributed by atoms with E-state index in [1.54, 1.807) is 0 Å². The van der Waals surface area contributed by atoms with Gasteiger partial charge in [-0.1, -0.05) is 15.9 Å². The van der Waals surface area contributed by atoms with E-state index < -0.39 is 11.7 Å². The molecular formula is C13H14BrFN2O2. The highest BCUT2D eigenvalue weighted by molar-refractivity contribution is 9.10. The molecule has 6 heteroatoms. The van der Waals surface area contributed by atoms with Gasteiger partial charge in [0.2, 0.25) is 5.91 Å². The summed E-state index contributed by atoms with van der Waals surface area (Å²) in [5.41, 5.74) is -0.0453. The van der Waals surface area contributed by atoms with Crippen LogP contribution in [0, 0.1) is 5.82 Å². The molecule has 1 aromatic rings. The summed E-state index contributed by atoms with van der Waals surface area (Å²) in [5, 5.41) is 2.78. The Balaban J connectivity index is 2.01. The predicted octanol–water partition coefficient (Wildman–Crippen LogP) is 1.94. The fraction of sp³-hybridized carbons (Fsp3) is 0.385. The van der Waals surface area contributed by atoms with Crippen LogP contribution in [0.3, 0.4) is 0 Å². The molecule has 1 aliphatic carbocycles. The molecule has 1 aromatic carbocycles. The Morgan fingerprint density at radius 2 is 2.16 bits per heavy atom. The summed E-state index contributed by atoms with van der Waals surface area (Å²) < 4.78 is 14.2. The number of carbonyl (C=O) groups excluding carboxylic acids is 2. The van der Waals surface area contributed by atoms with Crippen LogP contribution in [0.25, 0.3) is 0 Å². The normalized spacial score (nSPS) is 14.1. The molecule has 0 aromatic heterocycles. The number of carbonyl (C=O) groups is 2. The molecule has 4 nitrogen and oxygen atoms in total. The molecule has 2 rings (SSSR count). The number of hydrogen-bond acceptors (Lipinski definition) is 2. The molecule has 0 saturated heterocycles. The third kappa shape index (κ3) is 3.76. The van der Waals surface area contributed by atoms with Crippen molar-refractivity contribution >= 4 is 27.7 Å². The Kier molecular flexibility index (Phi) is 4.19. The monoisotopic (exact) mass is 328 g/mol. The van der Waals surface area contributed by atoms with E-state index in [0.29, 0.717) is 4.47 Å². The van der Waals surface area contributed by atoms with Gasteiger partial charge in [0.25, 0.3) is 5.91 Å². The van der Waals surface area contributed by atoms with Crippen molar-refractivity contribution in [2.45, 2.75) is 18.9 Å². The summed E-state index contributed by atoms with van der Waals surface area (Å²) in [7, 11) is 1.48. The average Bonchev–Trinajstić information content (AvgIpc) is 3.15. The second kappa shape index (κ2) is 5.69. The van der Waals surface area contributed by atoms with Gasteiger partial charge in [-0.25, -0.2) is 4.39 Å². The van der Waals surface area contributed by atoms with E-state index in [1.165, 1.54) is 30.1 Å². The Morgan fingerprint density at radius 1 is 1.47 bits per heavy atom. The molecule has 1 saturated carbocycles. The SMILES string of the molecule is CN(CC(=O)NC1CC1)C(=O)c1cc(Br)ccc1F. The number of nitrogens with one attached hydrogen (secondary N) is 1. The van der Waals surface area contributed by atoms with Crippen molar-refractivity contribution in [1.29, 1.82) is 0 Å². The molecule has 0 unspecified atom stereocenters. The predicted molar refractivity (Wildman–Crippen MR) is 72.2 cm³/mol. The van der Waals surface area contributed by atoms with Gasteiger partial charge in [0.05, 0.1) is 12.1 Å². The summed E-state index contributed by atoms with van der Waals surface area (Å²) in [6.07, 6.45) is 1.98. The summed E-state index contributed by atoms with van der Waals surface area (Å²) in [4.78, 5) is 24.8. The van der Waals surface area contributed by atoms with Crippen molar-refractivity contribution in [2.75, 3.05) is 13.6 Å². The Labute approximate surface area is 119 Å². The van der Waals surface area contributed by atoms with E-state index in [1.807, 2.05) is 0 Å². The van der Waals surface area contributed by atoms with E-state index in [2.05, 4.69) is 21.2 Å². The summed E-state index contributed by atoms with van der Waals surface area (Å²) >= 11 is 3.19. The molecule has 0 spiro atoms. The van der Waals surface area contributed by atoms with Gasteiger partial charge in [0, 0.05) is 17.6 Å². The standard InChI is InChI=1S/C13H14BrFN2O2/c1-17(7-12(18)16-9-3-4-9)13(19)10-6-8(14)2-5-11(10)15/h2,5-6,9H,3-4,7H2,1H3,(H,16,18). The number of likely N-dealkylation sites (N-methyl/N-ethyl adjacent to an activating group) is 1. The van der Waals surface area contributed by atoms with Crippen LogP contribution in [0.4, 0.5) is 4.39 Å². The van der Waals surface area contributed by atoms with Crippen molar-refractivity contribution in [3.8, 4) is 0 Å². The molecule has 0 atom stereocenters. The van der Waals surface area contributed by atoms with Gasteiger partial charge in [-0.15, -0.1) is 0 Å². The first-order valence-corrected chi connectivity index (χ1v) is 6.76. The minimum atomic E-state index is -0.595. The fourth-order valence-electron chi connectivity index (χ4n) is 1.66. The molecule has 2 amide bonds. The Morgan fingerprint density at radius 3 is 2.79 bits per heavy atom. The maximum atomic E-state index is 13.6. The van der Waals surface area contributed by atoms with Gasteiger partial charge in [0.15, 0.2) is 0 Å². The molecule has 1 fully saturated rings. The second-order valence-corrected chi connectivity index (χ2v) is 5.54. The summed E-state index contributed by atoms with van der Waals surface area (Å²) in [6.45, 7) is -0.0682. The minimum Gasteiger partial charge on any atom is -0.352 e. The van der Waals surface area contributed by atoms with Gasteiger partial charge >= 0.3 is 0 Å². The second-order valence-electron chi connectivity index (χ2n) is 4.63. The van der Waals surface area contributed by atoms with Crippen LogP contribution in [-0.4, -0.2) is 36.3 Å². The lowest BCUT2D eigenvalue weighted by Gasteiger charge is -2.17. The van der Waals surface area contributed by atoms with Crippen LogP contribution in [-0.2, 0) is 4.79 Å². The molecule has 19 heavy (non-hydrogen) atoms. The maximum absolute atomic E-state index is 13.6. The molecule has 1 N–H and O–H groups in total. The minimum absolute atomic E-state index is 0.0453. The van der Waals surface area contributed by atoms with Crippen LogP contribution in [0.1, 0.15) is 23.2 Å². The highest BCUT2D eigenvalue weighted by Crippen LogP contribution is 2.19. The van der Waals surface area contributed by atoms with Gasteiger partial charge in [-0.3, -0.25) is 9.59 Å². The summed E-state index contributed by atoms with van der Waals surface area (Å²) in [6, 6.07) is 4.40. The van der Waals surface area contributed by atoms with Gasteiger partial charge in [-0.2, -0.15) is 0 Å². The fourth-order valence-corrected chi connectivity index (χ4v) is 2.02. The zero-order valence-corrected chi connectivity index (χ0v) is 12.0. The third-order valence-corrected chi connectivity index (χ3v) is 3.32. The highest BCUT2D eigenvalue weighted by Gasteiger charge is 2.25. The van der Waals surface area contributed by atoms with Crippen LogP contribution in [0.5, 0.6) is 0 Å². The molecular weight excluding hydrogens is 315 g/mol. The number of rotatable bonds is 4.